The van der Waals surface area contributed by atoms with Gasteiger partial charge in [0.1, 0.15) is 0 Å². The van der Waals surface area contributed by atoms with Gasteiger partial charge in [0.2, 0.25) is 0 Å². The van der Waals surface area contributed by atoms with Gasteiger partial charge >= 0.3 is 0 Å². The van der Waals surface area contributed by atoms with Gasteiger partial charge in [0, 0.05) is 24.5 Å². The number of anilines is 1. The molecular formula is C14H14IN3O2. The summed E-state index contributed by atoms with van der Waals surface area (Å²) < 4.78 is 0.643. The molecule has 0 N–H and O–H groups in total. The maximum Gasteiger partial charge on any atom is 0.282 e. The maximum atomic E-state index is 10.8. The zero-order valence-electron chi connectivity index (χ0n) is 11.0. The monoisotopic (exact) mass is 383 g/mol. The Hall–Kier alpha value is -1.70. The van der Waals surface area contributed by atoms with Gasteiger partial charge in [0.05, 0.1) is 20.7 Å². The molecule has 0 bridgehead atoms. The topological polar surface area (TPSA) is 59.3 Å². The fourth-order valence-corrected chi connectivity index (χ4v) is 2.61. The molecule has 0 aliphatic rings. The van der Waals surface area contributed by atoms with Crippen molar-refractivity contribution in [1.82, 2.24) is 4.98 Å². The lowest BCUT2D eigenvalue weighted by atomic mass is 10.2. The molecule has 0 aliphatic carbocycles. The van der Waals surface area contributed by atoms with Gasteiger partial charge in [-0.3, -0.25) is 15.1 Å². The Morgan fingerprint density at radius 1 is 1.35 bits per heavy atom. The van der Waals surface area contributed by atoms with Crippen LogP contribution in [0.3, 0.4) is 0 Å². The molecule has 1 heterocycles. The van der Waals surface area contributed by atoms with Crippen LogP contribution < -0.4 is 4.90 Å². The zero-order chi connectivity index (χ0) is 14.5. The molecule has 2 rings (SSSR count). The minimum absolute atomic E-state index is 0.142. The first-order valence-corrected chi connectivity index (χ1v) is 7.28. The number of halogens is 1. The second-order valence-corrected chi connectivity index (χ2v) is 5.39. The van der Waals surface area contributed by atoms with E-state index in [1.807, 2.05) is 46.9 Å². The van der Waals surface area contributed by atoms with E-state index in [-0.39, 0.29) is 10.6 Å². The highest BCUT2D eigenvalue weighted by Crippen LogP contribution is 2.26. The third kappa shape index (κ3) is 3.44. The summed E-state index contributed by atoms with van der Waals surface area (Å²) in [7, 11) is 0. The number of benzene rings is 1. The summed E-state index contributed by atoms with van der Waals surface area (Å²) in [6.07, 6.45) is 1.77. The van der Waals surface area contributed by atoms with E-state index in [0.29, 0.717) is 10.1 Å². The molecule has 0 spiro atoms. The van der Waals surface area contributed by atoms with Crippen LogP contribution >= 0.6 is 22.6 Å². The third-order valence-electron chi connectivity index (χ3n) is 2.95. The molecule has 0 fully saturated rings. The Bertz CT molecular complexity index is 605. The smallest absolute Gasteiger partial charge is 0.282 e. The molecule has 20 heavy (non-hydrogen) atoms. The van der Waals surface area contributed by atoms with Gasteiger partial charge in [-0.1, -0.05) is 6.07 Å². The predicted octanol–water partition coefficient (Wildman–Crippen LogP) is 3.62. The van der Waals surface area contributed by atoms with Crippen LogP contribution in [0.1, 0.15) is 12.6 Å². The highest BCUT2D eigenvalue weighted by Gasteiger charge is 2.14. The molecule has 0 radical (unpaired) electrons. The normalized spacial score (nSPS) is 10.3. The van der Waals surface area contributed by atoms with Crippen LogP contribution in [0.2, 0.25) is 0 Å². The van der Waals surface area contributed by atoms with E-state index < -0.39 is 0 Å². The summed E-state index contributed by atoms with van der Waals surface area (Å²) in [5, 5.41) is 10.8. The summed E-state index contributed by atoms with van der Waals surface area (Å²) in [4.78, 5) is 16.9. The van der Waals surface area contributed by atoms with Crippen LogP contribution in [-0.2, 0) is 6.54 Å². The lowest BCUT2D eigenvalue weighted by Crippen LogP contribution is -2.22. The minimum atomic E-state index is -0.361. The number of rotatable bonds is 5. The summed E-state index contributed by atoms with van der Waals surface area (Å²) in [5.74, 6) is 0. The summed E-state index contributed by atoms with van der Waals surface area (Å²) in [6.45, 7) is 3.55. The number of nitro groups is 1. The fraction of sp³-hybridized carbons (Fsp3) is 0.214. The van der Waals surface area contributed by atoms with Gasteiger partial charge in [-0.15, -0.1) is 0 Å². The average Bonchev–Trinajstić information content (AvgIpc) is 2.45. The molecule has 1 aromatic heterocycles. The predicted molar refractivity (Wildman–Crippen MR) is 86.8 cm³/mol. The lowest BCUT2D eigenvalue weighted by Gasteiger charge is -2.22. The van der Waals surface area contributed by atoms with E-state index in [9.17, 15) is 10.1 Å². The van der Waals surface area contributed by atoms with E-state index >= 15 is 0 Å². The van der Waals surface area contributed by atoms with Crippen molar-refractivity contribution in [3.8, 4) is 0 Å². The van der Waals surface area contributed by atoms with Crippen LogP contribution in [-0.4, -0.2) is 16.5 Å². The Kier molecular flexibility index (Phi) is 4.89. The second-order valence-electron chi connectivity index (χ2n) is 4.23. The molecule has 0 saturated heterocycles. The Morgan fingerprint density at radius 2 is 2.15 bits per heavy atom. The minimum Gasteiger partial charge on any atom is -0.366 e. The van der Waals surface area contributed by atoms with Crippen molar-refractivity contribution < 1.29 is 4.92 Å². The zero-order valence-corrected chi connectivity index (χ0v) is 13.1. The van der Waals surface area contributed by atoms with Crippen molar-refractivity contribution in [2.24, 2.45) is 0 Å². The molecule has 5 nitrogen and oxygen atoms in total. The van der Waals surface area contributed by atoms with Crippen LogP contribution in [0.15, 0.2) is 42.6 Å². The van der Waals surface area contributed by atoms with E-state index in [4.69, 9.17) is 0 Å². The van der Waals surface area contributed by atoms with E-state index in [1.54, 1.807) is 18.3 Å². The first kappa shape index (κ1) is 14.7. The van der Waals surface area contributed by atoms with E-state index in [0.717, 1.165) is 17.9 Å². The Balaban J connectivity index is 2.24. The van der Waals surface area contributed by atoms with Crippen molar-refractivity contribution in [3.63, 3.8) is 0 Å². The fourth-order valence-electron chi connectivity index (χ4n) is 1.91. The second kappa shape index (κ2) is 6.65. The number of nitro benzene ring substituents is 1. The third-order valence-corrected chi connectivity index (χ3v) is 3.82. The van der Waals surface area contributed by atoms with Gasteiger partial charge in [0.15, 0.2) is 0 Å². The maximum absolute atomic E-state index is 10.8. The molecule has 2 aromatic rings. The van der Waals surface area contributed by atoms with Crippen LogP contribution in [0.5, 0.6) is 0 Å². The SMILES string of the molecule is CCN(Cc1ccccn1)c1ccc([N+](=O)[O-])c(I)c1. The molecule has 0 atom stereocenters. The average molecular weight is 383 g/mol. The molecule has 6 heteroatoms. The van der Waals surface area contributed by atoms with Gasteiger partial charge < -0.3 is 4.90 Å². The quantitative estimate of drug-likeness (QED) is 0.450. The number of pyridine rings is 1. The van der Waals surface area contributed by atoms with Crippen LogP contribution in [0.4, 0.5) is 11.4 Å². The highest BCUT2D eigenvalue weighted by atomic mass is 127. The first-order valence-electron chi connectivity index (χ1n) is 6.20. The lowest BCUT2D eigenvalue weighted by molar-refractivity contribution is -0.385. The molecule has 0 amide bonds. The number of nitrogens with zero attached hydrogens (tertiary/aromatic N) is 3. The van der Waals surface area contributed by atoms with E-state index in [1.165, 1.54) is 0 Å². The summed E-state index contributed by atoms with van der Waals surface area (Å²) in [5.41, 5.74) is 2.08. The van der Waals surface area contributed by atoms with Gasteiger partial charge in [-0.2, -0.15) is 0 Å². The highest BCUT2D eigenvalue weighted by molar-refractivity contribution is 14.1. The Morgan fingerprint density at radius 3 is 2.70 bits per heavy atom. The summed E-state index contributed by atoms with van der Waals surface area (Å²) in [6, 6.07) is 11.0. The van der Waals surface area contributed by atoms with E-state index in [2.05, 4.69) is 16.8 Å². The van der Waals surface area contributed by atoms with Gasteiger partial charge in [-0.05, 0) is 53.8 Å². The van der Waals surface area contributed by atoms with Crippen molar-refractivity contribution >= 4 is 34.0 Å². The number of hydrogen-bond donors (Lipinski definition) is 0. The van der Waals surface area contributed by atoms with Crippen molar-refractivity contribution in [2.75, 3.05) is 11.4 Å². The van der Waals surface area contributed by atoms with Gasteiger partial charge in [-0.25, -0.2) is 0 Å². The van der Waals surface area contributed by atoms with Crippen molar-refractivity contribution in [3.05, 3.63) is 62.0 Å². The molecule has 0 saturated carbocycles. The van der Waals surface area contributed by atoms with Gasteiger partial charge in [0.25, 0.3) is 5.69 Å². The van der Waals surface area contributed by atoms with Crippen molar-refractivity contribution in [1.29, 1.82) is 0 Å². The Labute approximate surface area is 130 Å². The first-order chi connectivity index (χ1) is 9.61. The number of hydrogen-bond acceptors (Lipinski definition) is 4. The molecule has 0 unspecified atom stereocenters. The number of aromatic nitrogens is 1. The molecular weight excluding hydrogens is 369 g/mol. The molecule has 1 aromatic carbocycles. The standard InChI is InChI=1S/C14H14IN3O2/c1-2-17(10-11-5-3-4-8-16-11)12-6-7-14(18(19)20)13(15)9-12/h3-9H,2,10H2,1H3. The summed E-state index contributed by atoms with van der Waals surface area (Å²) >= 11 is 2.00. The molecule has 0 aliphatic heterocycles. The van der Waals surface area contributed by atoms with Crippen LogP contribution in [0.25, 0.3) is 0 Å². The van der Waals surface area contributed by atoms with Crippen molar-refractivity contribution in [2.45, 2.75) is 13.5 Å². The largest absolute Gasteiger partial charge is 0.366 e. The van der Waals surface area contributed by atoms with Crippen LogP contribution in [0, 0.1) is 13.7 Å². The molecule has 104 valence electrons.